The standard InChI is InChI=1S/C18H24Br2/c19-8-12-13(9-20)17-15-11-4-3-10(7-11)14(15)16(12)18(17)5-1-2-6-18/h10-13,16-17H,1-9H2/t10-,11-,12-,13+,16-,17-/m0/s1. The molecule has 2 heteroatoms. The van der Waals surface area contributed by atoms with E-state index >= 15 is 0 Å². The Bertz CT molecular complexity index is 438. The van der Waals surface area contributed by atoms with Gasteiger partial charge in [0.05, 0.1) is 0 Å². The van der Waals surface area contributed by atoms with Crippen LogP contribution in [0.2, 0.25) is 0 Å². The van der Waals surface area contributed by atoms with Crippen LogP contribution in [0, 0.1) is 40.9 Å². The molecule has 0 saturated heterocycles. The van der Waals surface area contributed by atoms with E-state index in [4.69, 9.17) is 0 Å². The number of hydrogen-bond donors (Lipinski definition) is 0. The lowest BCUT2D eigenvalue weighted by Gasteiger charge is -2.34. The Kier molecular flexibility index (Phi) is 2.88. The fourth-order valence-corrected chi connectivity index (χ4v) is 9.28. The monoisotopic (exact) mass is 398 g/mol. The van der Waals surface area contributed by atoms with E-state index in [1.165, 1.54) is 42.8 Å². The summed E-state index contributed by atoms with van der Waals surface area (Å²) in [6, 6.07) is 0. The maximum absolute atomic E-state index is 3.90. The zero-order valence-corrected chi connectivity index (χ0v) is 15.3. The fourth-order valence-electron chi connectivity index (χ4n) is 7.57. The van der Waals surface area contributed by atoms with Crippen LogP contribution in [0.4, 0.5) is 0 Å². The van der Waals surface area contributed by atoms with Crippen molar-refractivity contribution in [1.29, 1.82) is 0 Å². The van der Waals surface area contributed by atoms with Crippen molar-refractivity contribution in [3.63, 3.8) is 0 Å². The Morgan fingerprint density at radius 2 is 1.35 bits per heavy atom. The lowest BCUT2D eigenvalue weighted by molar-refractivity contribution is 0.181. The van der Waals surface area contributed by atoms with Crippen LogP contribution >= 0.6 is 31.9 Å². The van der Waals surface area contributed by atoms with Crippen molar-refractivity contribution >= 4 is 31.9 Å². The van der Waals surface area contributed by atoms with Crippen molar-refractivity contribution in [2.45, 2.75) is 44.9 Å². The Hall–Kier alpha value is 0.700. The number of alkyl halides is 2. The number of halogens is 2. The lowest BCUT2D eigenvalue weighted by atomic mass is 9.69. The minimum atomic E-state index is 0.725. The Labute approximate surface area is 139 Å². The van der Waals surface area contributed by atoms with Crippen molar-refractivity contribution in [2.75, 3.05) is 10.7 Å². The highest BCUT2D eigenvalue weighted by molar-refractivity contribution is 9.09. The van der Waals surface area contributed by atoms with Gasteiger partial charge >= 0.3 is 0 Å². The third-order valence-electron chi connectivity index (χ3n) is 7.85. The summed E-state index contributed by atoms with van der Waals surface area (Å²) in [6.45, 7) is 0. The van der Waals surface area contributed by atoms with Crippen molar-refractivity contribution in [1.82, 2.24) is 0 Å². The summed E-state index contributed by atoms with van der Waals surface area (Å²) in [7, 11) is 0. The first-order chi connectivity index (χ1) is 9.81. The topological polar surface area (TPSA) is 0 Å². The molecule has 0 aliphatic heterocycles. The third-order valence-corrected chi connectivity index (χ3v) is 9.35. The molecule has 0 aromatic carbocycles. The smallest absolute Gasteiger partial charge is 0.00687 e. The molecule has 0 N–H and O–H groups in total. The van der Waals surface area contributed by atoms with Crippen LogP contribution in [-0.2, 0) is 0 Å². The molecule has 1 spiro atoms. The van der Waals surface area contributed by atoms with Gasteiger partial charge in [0, 0.05) is 10.7 Å². The SMILES string of the molecule is BrC[C@@H]1[C@H](CBr)[C@H]2C3=C([C@H]4CC[C@H]3C4)[C@H]1C21CCCC1. The number of fused-ring (bicyclic) bond motifs is 6. The normalized spacial score (nSPS) is 50.7. The van der Waals surface area contributed by atoms with Gasteiger partial charge in [0.2, 0.25) is 0 Å². The largest absolute Gasteiger partial charge is 0.0925 e. The molecule has 0 heterocycles. The molecule has 20 heavy (non-hydrogen) atoms. The Morgan fingerprint density at radius 3 is 1.80 bits per heavy atom. The van der Waals surface area contributed by atoms with Gasteiger partial charge < -0.3 is 0 Å². The van der Waals surface area contributed by atoms with E-state index in [1.54, 1.807) is 12.8 Å². The molecule has 110 valence electrons. The van der Waals surface area contributed by atoms with Gasteiger partial charge in [-0.05, 0) is 73.0 Å². The van der Waals surface area contributed by atoms with Crippen molar-refractivity contribution in [3.05, 3.63) is 11.1 Å². The van der Waals surface area contributed by atoms with Gasteiger partial charge in [0.15, 0.2) is 0 Å². The number of rotatable bonds is 2. The van der Waals surface area contributed by atoms with E-state index in [0.717, 1.165) is 40.9 Å². The van der Waals surface area contributed by atoms with Gasteiger partial charge in [0.1, 0.15) is 0 Å². The molecule has 0 unspecified atom stereocenters. The van der Waals surface area contributed by atoms with E-state index in [0.29, 0.717) is 0 Å². The predicted octanol–water partition coefficient (Wildman–Crippen LogP) is 5.56. The summed E-state index contributed by atoms with van der Waals surface area (Å²) in [5.41, 5.74) is 4.80. The highest BCUT2D eigenvalue weighted by Crippen LogP contribution is 2.77. The summed E-state index contributed by atoms with van der Waals surface area (Å²) in [5.74, 6) is 5.83. The fraction of sp³-hybridized carbons (Fsp3) is 0.889. The quantitative estimate of drug-likeness (QED) is 0.421. The number of hydrogen-bond acceptors (Lipinski definition) is 0. The van der Waals surface area contributed by atoms with Crippen LogP contribution in [0.25, 0.3) is 0 Å². The predicted molar refractivity (Wildman–Crippen MR) is 90.3 cm³/mol. The molecular formula is C18H24Br2. The molecule has 0 nitrogen and oxygen atoms in total. The highest BCUT2D eigenvalue weighted by atomic mass is 79.9. The second-order valence-corrected chi connectivity index (χ2v) is 9.44. The molecule has 0 radical (unpaired) electrons. The third kappa shape index (κ3) is 1.32. The van der Waals surface area contributed by atoms with Gasteiger partial charge in [-0.2, -0.15) is 0 Å². The molecule has 0 aromatic rings. The number of allylic oxidation sites excluding steroid dienone is 2. The minimum Gasteiger partial charge on any atom is -0.0925 e. The molecule has 3 saturated carbocycles. The average Bonchev–Trinajstić information content (AvgIpc) is 3.24. The molecule has 4 bridgehead atoms. The molecule has 6 atom stereocenters. The van der Waals surface area contributed by atoms with Crippen LogP contribution in [0.3, 0.4) is 0 Å². The van der Waals surface area contributed by atoms with E-state index in [-0.39, 0.29) is 0 Å². The summed E-state index contributed by atoms with van der Waals surface area (Å²) in [5, 5.41) is 2.47. The van der Waals surface area contributed by atoms with Gasteiger partial charge in [0.25, 0.3) is 0 Å². The van der Waals surface area contributed by atoms with Crippen LogP contribution < -0.4 is 0 Å². The first-order valence-corrected chi connectivity index (χ1v) is 10.9. The van der Waals surface area contributed by atoms with Gasteiger partial charge in [-0.1, -0.05) is 55.8 Å². The zero-order valence-electron chi connectivity index (χ0n) is 12.1. The van der Waals surface area contributed by atoms with Crippen LogP contribution in [0.15, 0.2) is 11.1 Å². The lowest BCUT2D eigenvalue weighted by Crippen LogP contribution is -2.29. The molecule has 3 fully saturated rings. The Morgan fingerprint density at radius 1 is 0.850 bits per heavy atom. The second-order valence-electron chi connectivity index (χ2n) is 8.15. The zero-order chi connectivity index (χ0) is 13.5. The van der Waals surface area contributed by atoms with Crippen LogP contribution in [0.5, 0.6) is 0 Å². The van der Waals surface area contributed by atoms with Crippen LogP contribution in [0.1, 0.15) is 44.9 Å². The van der Waals surface area contributed by atoms with Gasteiger partial charge in [-0.15, -0.1) is 0 Å². The van der Waals surface area contributed by atoms with Crippen molar-refractivity contribution < 1.29 is 0 Å². The van der Waals surface area contributed by atoms with Gasteiger partial charge in [-0.25, -0.2) is 0 Å². The van der Waals surface area contributed by atoms with E-state index in [1.807, 2.05) is 11.1 Å². The highest BCUT2D eigenvalue weighted by Gasteiger charge is 2.69. The van der Waals surface area contributed by atoms with Gasteiger partial charge in [-0.3, -0.25) is 0 Å². The minimum absolute atomic E-state index is 0.725. The molecule has 5 aliphatic rings. The first kappa shape index (κ1) is 13.2. The molecule has 5 aliphatic carbocycles. The van der Waals surface area contributed by atoms with E-state index < -0.39 is 0 Å². The summed E-state index contributed by atoms with van der Waals surface area (Å²) >= 11 is 7.79. The molecule has 5 rings (SSSR count). The Balaban J connectivity index is 1.67. The summed E-state index contributed by atoms with van der Waals surface area (Å²) in [4.78, 5) is 0. The summed E-state index contributed by atoms with van der Waals surface area (Å²) < 4.78 is 0. The summed E-state index contributed by atoms with van der Waals surface area (Å²) in [6.07, 6.45) is 10.7. The molecule has 0 amide bonds. The van der Waals surface area contributed by atoms with Crippen molar-refractivity contribution in [2.24, 2.45) is 40.9 Å². The van der Waals surface area contributed by atoms with E-state index in [9.17, 15) is 0 Å². The maximum atomic E-state index is 3.90. The first-order valence-electron chi connectivity index (χ1n) is 8.67. The van der Waals surface area contributed by atoms with E-state index in [2.05, 4.69) is 31.9 Å². The van der Waals surface area contributed by atoms with Crippen molar-refractivity contribution in [3.8, 4) is 0 Å². The molecule has 0 aromatic heterocycles. The van der Waals surface area contributed by atoms with Crippen LogP contribution in [-0.4, -0.2) is 10.7 Å². The second kappa shape index (κ2) is 4.37. The molecular weight excluding hydrogens is 376 g/mol. The average molecular weight is 400 g/mol. The maximum Gasteiger partial charge on any atom is 0.00687 e.